The summed E-state index contributed by atoms with van der Waals surface area (Å²) in [6, 6.07) is 26.2. The summed E-state index contributed by atoms with van der Waals surface area (Å²) in [5.41, 5.74) is 5.36. The Balaban J connectivity index is 1.37. The van der Waals surface area contributed by atoms with Crippen LogP contribution in [-0.2, 0) is 26.1 Å². The van der Waals surface area contributed by atoms with Gasteiger partial charge in [-0.3, -0.25) is 13.9 Å². The second-order valence-corrected chi connectivity index (χ2v) is 10.0. The second kappa shape index (κ2) is 11.2. The fraction of sp³-hybridized carbons (Fsp3) is 0.226. The lowest BCUT2D eigenvalue weighted by Crippen LogP contribution is -2.41. The Labute approximate surface area is 235 Å². The molecule has 0 saturated heterocycles. The minimum Gasteiger partial charge on any atom is -0.318 e. The molecule has 0 atom stereocenters. The molecule has 0 radical (unpaired) electrons. The van der Waals surface area contributed by atoms with Crippen LogP contribution in [0.15, 0.2) is 88.5 Å². The van der Waals surface area contributed by atoms with Gasteiger partial charge in [0.2, 0.25) is 0 Å². The van der Waals surface area contributed by atoms with Crippen LogP contribution >= 0.6 is 0 Å². The summed E-state index contributed by atoms with van der Waals surface area (Å²) < 4.78 is 4.93. The first-order valence-electron chi connectivity index (χ1n) is 13.7. The molecule has 0 aliphatic carbocycles. The van der Waals surface area contributed by atoms with Crippen LogP contribution in [0.25, 0.3) is 33.7 Å². The zero-order valence-electron chi connectivity index (χ0n) is 23.0. The Hall–Kier alpha value is -5.12. The predicted octanol–water partition coefficient (Wildman–Crippen LogP) is 4.22. The molecule has 206 valence electrons. The van der Waals surface area contributed by atoms with E-state index in [4.69, 9.17) is 4.98 Å². The van der Waals surface area contributed by atoms with Crippen molar-refractivity contribution in [2.45, 2.75) is 46.3 Å². The molecule has 41 heavy (non-hydrogen) atoms. The molecule has 0 aliphatic heterocycles. The lowest BCUT2D eigenvalue weighted by atomic mass is 9.98. The molecule has 0 saturated carbocycles. The average molecular weight is 547 g/mol. The van der Waals surface area contributed by atoms with Crippen LogP contribution in [0.5, 0.6) is 0 Å². The third kappa shape index (κ3) is 5.00. The highest BCUT2D eigenvalue weighted by molar-refractivity contribution is 5.80. The zero-order valence-corrected chi connectivity index (χ0v) is 23.0. The number of H-pyrrole nitrogens is 1. The molecule has 10 heteroatoms. The summed E-state index contributed by atoms with van der Waals surface area (Å²) in [6.07, 6.45) is 1.35. The SMILES string of the molecule is CCCn1c(=O)c2c(nc(C)n2Cc2ccc(-c3ccccc3-c3nnn[nH]3)cc2)n(CCc2ccccc2)c1=O. The quantitative estimate of drug-likeness (QED) is 0.290. The molecule has 0 unspecified atom stereocenters. The molecular formula is C31H30N8O2. The van der Waals surface area contributed by atoms with E-state index < -0.39 is 0 Å². The van der Waals surface area contributed by atoms with E-state index in [2.05, 4.69) is 32.8 Å². The van der Waals surface area contributed by atoms with Crippen molar-refractivity contribution in [2.24, 2.45) is 0 Å². The van der Waals surface area contributed by atoms with Crippen molar-refractivity contribution in [2.75, 3.05) is 0 Å². The van der Waals surface area contributed by atoms with Crippen molar-refractivity contribution in [3.05, 3.63) is 117 Å². The number of benzene rings is 3. The number of rotatable bonds is 9. The standard InChI is InChI=1S/C31H30N8O2/c1-3-18-38-30(40)27-29(37(31(38)41)19-17-22-9-5-4-6-10-22)32-21(2)39(27)20-23-13-15-24(16-14-23)25-11-7-8-12-26(25)28-33-35-36-34-28/h4-16H,3,17-20H2,1-2H3,(H,33,34,35,36). The summed E-state index contributed by atoms with van der Waals surface area (Å²) in [5, 5.41) is 14.3. The zero-order chi connectivity index (χ0) is 28.3. The van der Waals surface area contributed by atoms with Gasteiger partial charge in [0.15, 0.2) is 17.0 Å². The minimum absolute atomic E-state index is 0.297. The highest BCUT2D eigenvalue weighted by atomic mass is 16.2. The van der Waals surface area contributed by atoms with Crippen LogP contribution in [0.3, 0.4) is 0 Å². The van der Waals surface area contributed by atoms with E-state index in [-0.39, 0.29) is 11.2 Å². The molecule has 1 N–H and O–H groups in total. The molecule has 0 bridgehead atoms. The van der Waals surface area contributed by atoms with E-state index >= 15 is 0 Å². The summed E-state index contributed by atoms with van der Waals surface area (Å²) >= 11 is 0. The van der Waals surface area contributed by atoms with Gasteiger partial charge in [-0.1, -0.05) is 85.8 Å². The number of aromatic amines is 1. The first kappa shape index (κ1) is 26.1. The van der Waals surface area contributed by atoms with E-state index in [0.717, 1.165) is 27.8 Å². The maximum Gasteiger partial charge on any atom is 0.332 e. The molecule has 0 spiro atoms. The molecule has 0 fully saturated rings. The molecule has 3 aromatic heterocycles. The topological polar surface area (TPSA) is 116 Å². The molecular weight excluding hydrogens is 516 g/mol. The minimum atomic E-state index is -0.310. The smallest absolute Gasteiger partial charge is 0.318 e. The Kier molecular flexibility index (Phi) is 7.11. The maximum atomic E-state index is 13.6. The highest BCUT2D eigenvalue weighted by Crippen LogP contribution is 2.30. The van der Waals surface area contributed by atoms with Gasteiger partial charge in [0.25, 0.3) is 5.56 Å². The summed E-state index contributed by atoms with van der Waals surface area (Å²) in [7, 11) is 0. The van der Waals surface area contributed by atoms with Gasteiger partial charge >= 0.3 is 5.69 Å². The highest BCUT2D eigenvalue weighted by Gasteiger charge is 2.20. The van der Waals surface area contributed by atoms with Gasteiger partial charge in [0.05, 0.1) is 0 Å². The lowest BCUT2D eigenvalue weighted by molar-refractivity contribution is 0.558. The average Bonchev–Trinajstić information content (AvgIpc) is 3.65. The van der Waals surface area contributed by atoms with Crippen LogP contribution in [0.4, 0.5) is 0 Å². The van der Waals surface area contributed by atoms with Crippen molar-refractivity contribution in [3.63, 3.8) is 0 Å². The Morgan fingerprint density at radius 3 is 2.22 bits per heavy atom. The Bertz CT molecular complexity index is 1920. The van der Waals surface area contributed by atoms with Gasteiger partial charge in [0, 0.05) is 25.2 Å². The first-order chi connectivity index (χ1) is 20.0. The molecule has 6 rings (SSSR count). The molecule has 6 aromatic rings. The molecule has 0 aliphatic rings. The number of fused-ring (bicyclic) bond motifs is 1. The van der Waals surface area contributed by atoms with E-state index in [1.54, 1.807) is 4.57 Å². The number of nitrogens with zero attached hydrogens (tertiary/aromatic N) is 7. The molecule has 3 aromatic carbocycles. The van der Waals surface area contributed by atoms with Crippen LogP contribution in [0, 0.1) is 6.92 Å². The van der Waals surface area contributed by atoms with Crippen molar-refractivity contribution in [1.82, 2.24) is 39.3 Å². The maximum absolute atomic E-state index is 13.6. The third-order valence-electron chi connectivity index (χ3n) is 7.35. The van der Waals surface area contributed by atoms with Gasteiger partial charge in [-0.2, -0.15) is 0 Å². The van der Waals surface area contributed by atoms with E-state index in [0.29, 0.717) is 55.3 Å². The van der Waals surface area contributed by atoms with Gasteiger partial charge in [0.1, 0.15) is 5.82 Å². The van der Waals surface area contributed by atoms with Crippen molar-refractivity contribution in [3.8, 4) is 22.5 Å². The van der Waals surface area contributed by atoms with Gasteiger partial charge in [-0.05, 0) is 52.4 Å². The number of hydrogen-bond acceptors (Lipinski definition) is 6. The fourth-order valence-electron chi connectivity index (χ4n) is 5.29. The largest absolute Gasteiger partial charge is 0.332 e. The van der Waals surface area contributed by atoms with Crippen molar-refractivity contribution >= 4 is 11.2 Å². The van der Waals surface area contributed by atoms with Crippen LogP contribution in [0.1, 0.15) is 30.3 Å². The van der Waals surface area contributed by atoms with Gasteiger partial charge < -0.3 is 4.57 Å². The van der Waals surface area contributed by atoms with E-state index in [1.165, 1.54) is 4.57 Å². The number of aromatic nitrogens is 8. The van der Waals surface area contributed by atoms with Gasteiger partial charge in [-0.15, -0.1) is 5.10 Å². The van der Waals surface area contributed by atoms with Crippen molar-refractivity contribution in [1.29, 1.82) is 0 Å². The normalized spacial score (nSPS) is 11.4. The number of imidazole rings is 1. The molecule has 10 nitrogen and oxygen atoms in total. The van der Waals surface area contributed by atoms with Crippen LogP contribution < -0.4 is 11.2 Å². The van der Waals surface area contributed by atoms with E-state index in [9.17, 15) is 9.59 Å². The number of aryl methyl sites for hydroxylation is 3. The number of nitrogens with one attached hydrogen (secondary N) is 1. The summed E-state index contributed by atoms with van der Waals surface area (Å²) in [6.45, 7) is 5.10. The third-order valence-corrected chi connectivity index (χ3v) is 7.35. The molecule has 0 amide bonds. The first-order valence-corrected chi connectivity index (χ1v) is 13.7. The monoisotopic (exact) mass is 546 g/mol. The second-order valence-electron chi connectivity index (χ2n) is 10.0. The fourth-order valence-corrected chi connectivity index (χ4v) is 5.29. The Morgan fingerprint density at radius 2 is 1.51 bits per heavy atom. The van der Waals surface area contributed by atoms with E-state index in [1.807, 2.05) is 85.1 Å². The predicted molar refractivity (Wildman–Crippen MR) is 158 cm³/mol. The molecule has 3 heterocycles. The number of tetrazole rings is 1. The lowest BCUT2D eigenvalue weighted by Gasteiger charge is -2.13. The van der Waals surface area contributed by atoms with Crippen LogP contribution in [-0.4, -0.2) is 39.3 Å². The van der Waals surface area contributed by atoms with Gasteiger partial charge in [-0.25, -0.2) is 14.9 Å². The van der Waals surface area contributed by atoms with Crippen LogP contribution in [0.2, 0.25) is 0 Å². The van der Waals surface area contributed by atoms with Crippen molar-refractivity contribution < 1.29 is 0 Å². The summed E-state index contributed by atoms with van der Waals surface area (Å²) in [4.78, 5) is 31.8. The Morgan fingerprint density at radius 1 is 0.780 bits per heavy atom. The number of hydrogen-bond donors (Lipinski definition) is 1. The summed E-state index contributed by atoms with van der Waals surface area (Å²) in [5.74, 6) is 1.29.